The van der Waals surface area contributed by atoms with E-state index < -0.39 is 11.7 Å². The van der Waals surface area contributed by atoms with Crippen LogP contribution in [0.1, 0.15) is 48.8 Å². The largest absolute Gasteiger partial charge is 0.406 e. The molecule has 0 bridgehead atoms. The molecule has 35 heavy (non-hydrogen) atoms. The number of hydrogen-bond donors (Lipinski definition) is 0. The van der Waals surface area contributed by atoms with Crippen molar-refractivity contribution in [3.05, 3.63) is 58.9 Å². The molecule has 182 valence electrons. The van der Waals surface area contributed by atoms with E-state index in [1.807, 2.05) is 10.6 Å². The number of benzene rings is 1. The SMILES string of the molecule is FC(F)(F)C1(N2Cc3cc(Cl)ccc3-n3c(nnc3C3CC4(C3)CN(c3ncccn3)C4)C2)CC1. The average molecular weight is 502 g/mol. The van der Waals surface area contributed by atoms with Crippen molar-refractivity contribution >= 4 is 17.5 Å². The highest BCUT2D eigenvalue weighted by Crippen LogP contribution is 2.57. The lowest BCUT2D eigenvalue weighted by Crippen LogP contribution is -2.62. The van der Waals surface area contributed by atoms with Crippen LogP contribution in [0.25, 0.3) is 5.69 Å². The Labute approximate surface area is 204 Å². The van der Waals surface area contributed by atoms with E-state index in [1.54, 1.807) is 30.6 Å². The van der Waals surface area contributed by atoms with E-state index in [-0.39, 0.29) is 37.3 Å². The lowest BCUT2D eigenvalue weighted by Gasteiger charge is -2.58. The van der Waals surface area contributed by atoms with Gasteiger partial charge in [0.2, 0.25) is 5.95 Å². The summed E-state index contributed by atoms with van der Waals surface area (Å²) in [4.78, 5) is 12.4. The summed E-state index contributed by atoms with van der Waals surface area (Å²) in [6, 6.07) is 7.26. The van der Waals surface area contributed by atoms with Gasteiger partial charge < -0.3 is 4.90 Å². The molecule has 3 fully saturated rings. The van der Waals surface area contributed by atoms with Crippen LogP contribution in [-0.4, -0.2) is 54.4 Å². The molecule has 2 aliphatic carbocycles. The summed E-state index contributed by atoms with van der Waals surface area (Å²) in [5.41, 5.74) is 0.0321. The normalized spacial score (nSPS) is 22.7. The van der Waals surface area contributed by atoms with E-state index in [4.69, 9.17) is 11.6 Å². The molecule has 11 heteroatoms. The second-order valence-electron chi connectivity index (χ2n) is 10.5. The maximum Gasteiger partial charge on any atom is 0.406 e. The lowest BCUT2D eigenvalue weighted by atomic mass is 9.57. The van der Waals surface area contributed by atoms with Crippen LogP contribution in [-0.2, 0) is 13.1 Å². The molecule has 3 aromatic rings. The number of anilines is 1. The molecule has 2 aliphatic heterocycles. The van der Waals surface area contributed by atoms with Crippen LogP contribution in [0.15, 0.2) is 36.7 Å². The van der Waals surface area contributed by atoms with Crippen molar-refractivity contribution in [3.8, 4) is 5.69 Å². The van der Waals surface area contributed by atoms with Crippen molar-refractivity contribution in [1.82, 2.24) is 29.6 Å². The first kappa shape index (κ1) is 21.6. The van der Waals surface area contributed by atoms with E-state index in [2.05, 4.69) is 25.1 Å². The van der Waals surface area contributed by atoms with Crippen molar-refractivity contribution in [1.29, 1.82) is 0 Å². The summed E-state index contributed by atoms with van der Waals surface area (Å²) < 4.78 is 44.0. The molecule has 2 aromatic heterocycles. The Hall–Kier alpha value is -2.72. The van der Waals surface area contributed by atoms with Crippen molar-refractivity contribution < 1.29 is 13.2 Å². The molecule has 0 unspecified atom stereocenters. The Morgan fingerprint density at radius 1 is 1.00 bits per heavy atom. The van der Waals surface area contributed by atoms with Gasteiger partial charge in [0.1, 0.15) is 11.4 Å². The van der Waals surface area contributed by atoms with Gasteiger partial charge in [0.05, 0.1) is 12.2 Å². The van der Waals surface area contributed by atoms with Gasteiger partial charge in [-0.15, -0.1) is 10.2 Å². The number of fused-ring (bicyclic) bond motifs is 3. The quantitative estimate of drug-likeness (QED) is 0.526. The van der Waals surface area contributed by atoms with Crippen LogP contribution in [0.2, 0.25) is 5.02 Å². The fourth-order valence-corrected chi connectivity index (χ4v) is 6.47. The third-order valence-corrected chi connectivity index (χ3v) is 8.43. The number of aromatic nitrogens is 5. The van der Waals surface area contributed by atoms with Crippen LogP contribution in [0.5, 0.6) is 0 Å². The highest BCUT2D eigenvalue weighted by molar-refractivity contribution is 6.30. The van der Waals surface area contributed by atoms with E-state index in [9.17, 15) is 13.2 Å². The maximum absolute atomic E-state index is 14.0. The summed E-state index contributed by atoms with van der Waals surface area (Å²) in [5.74, 6) is 2.36. The summed E-state index contributed by atoms with van der Waals surface area (Å²) >= 11 is 6.27. The summed E-state index contributed by atoms with van der Waals surface area (Å²) in [6.45, 7) is 2.10. The van der Waals surface area contributed by atoms with Gasteiger partial charge in [0.25, 0.3) is 0 Å². The van der Waals surface area contributed by atoms with Gasteiger partial charge in [-0.05, 0) is 55.5 Å². The van der Waals surface area contributed by atoms with Gasteiger partial charge in [-0.2, -0.15) is 13.2 Å². The Morgan fingerprint density at radius 3 is 2.43 bits per heavy atom. The molecule has 4 aliphatic rings. The highest BCUT2D eigenvalue weighted by atomic mass is 35.5. The minimum atomic E-state index is -4.29. The number of hydrogen-bond acceptors (Lipinski definition) is 6. The average Bonchev–Trinajstić information content (AvgIpc) is 3.52. The molecule has 1 saturated heterocycles. The monoisotopic (exact) mass is 501 g/mol. The van der Waals surface area contributed by atoms with Crippen LogP contribution in [0.3, 0.4) is 0 Å². The molecule has 7 rings (SSSR count). The Morgan fingerprint density at radius 2 is 1.74 bits per heavy atom. The number of halogens is 4. The predicted octanol–water partition coefficient (Wildman–Crippen LogP) is 4.51. The molecule has 1 aromatic carbocycles. The van der Waals surface area contributed by atoms with Gasteiger partial charge in [-0.3, -0.25) is 9.47 Å². The van der Waals surface area contributed by atoms with Crippen LogP contribution >= 0.6 is 11.6 Å². The molecule has 0 amide bonds. The molecule has 0 radical (unpaired) electrons. The predicted molar refractivity (Wildman–Crippen MR) is 122 cm³/mol. The minimum absolute atomic E-state index is 0.107. The van der Waals surface area contributed by atoms with Gasteiger partial charge in [0.15, 0.2) is 5.82 Å². The number of rotatable bonds is 3. The first-order chi connectivity index (χ1) is 16.8. The first-order valence-corrected chi connectivity index (χ1v) is 12.2. The Kier molecular flexibility index (Phi) is 4.41. The van der Waals surface area contributed by atoms with E-state index >= 15 is 0 Å². The zero-order chi connectivity index (χ0) is 24.0. The second-order valence-corrected chi connectivity index (χ2v) is 10.9. The van der Waals surface area contributed by atoms with Crippen molar-refractivity contribution in [2.24, 2.45) is 5.41 Å². The van der Waals surface area contributed by atoms with Gasteiger partial charge in [0, 0.05) is 48.4 Å². The van der Waals surface area contributed by atoms with E-state index in [1.165, 1.54) is 4.90 Å². The molecular weight excluding hydrogens is 479 g/mol. The van der Waals surface area contributed by atoms with Crippen molar-refractivity contribution in [3.63, 3.8) is 0 Å². The van der Waals surface area contributed by atoms with Gasteiger partial charge in [-0.25, -0.2) is 9.97 Å². The smallest absolute Gasteiger partial charge is 0.340 e. The third-order valence-electron chi connectivity index (χ3n) is 8.20. The van der Waals surface area contributed by atoms with Crippen LogP contribution in [0, 0.1) is 5.41 Å². The molecular formula is C24H23ClF3N7. The topological polar surface area (TPSA) is 63.0 Å². The fourth-order valence-electron chi connectivity index (χ4n) is 6.28. The molecule has 0 N–H and O–H groups in total. The van der Waals surface area contributed by atoms with E-state index in [0.29, 0.717) is 10.8 Å². The molecule has 4 heterocycles. The highest BCUT2D eigenvalue weighted by Gasteiger charge is 2.67. The maximum atomic E-state index is 14.0. The van der Waals surface area contributed by atoms with Gasteiger partial charge in [-0.1, -0.05) is 11.6 Å². The van der Waals surface area contributed by atoms with Crippen molar-refractivity contribution in [2.45, 2.75) is 56.4 Å². The zero-order valence-electron chi connectivity index (χ0n) is 18.8. The Bertz CT molecular complexity index is 1290. The summed E-state index contributed by atoms with van der Waals surface area (Å²) in [6.07, 6.45) is 1.37. The third kappa shape index (κ3) is 3.22. The summed E-state index contributed by atoms with van der Waals surface area (Å²) in [7, 11) is 0. The second kappa shape index (κ2) is 7.16. The summed E-state index contributed by atoms with van der Waals surface area (Å²) in [5, 5.41) is 9.44. The lowest BCUT2D eigenvalue weighted by molar-refractivity contribution is -0.200. The number of alkyl halides is 3. The number of nitrogens with zero attached hydrogens (tertiary/aromatic N) is 7. The van der Waals surface area contributed by atoms with Gasteiger partial charge >= 0.3 is 6.18 Å². The molecule has 7 nitrogen and oxygen atoms in total. The fraction of sp³-hybridized carbons (Fsp3) is 0.500. The van der Waals surface area contributed by atoms with Crippen LogP contribution in [0.4, 0.5) is 19.1 Å². The Balaban J connectivity index is 1.18. The first-order valence-electron chi connectivity index (χ1n) is 11.8. The van der Waals surface area contributed by atoms with Crippen molar-refractivity contribution in [2.75, 3.05) is 18.0 Å². The molecule has 2 saturated carbocycles. The van der Waals surface area contributed by atoms with E-state index in [0.717, 1.165) is 49.0 Å². The van der Waals surface area contributed by atoms with Crippen LogP contribution < -0.4 is 4.90 Å². The molecule has 1 spiro atoms. The zero-order valence-corrected chi connectivity index (χ0v) is 19.6. The minimum Gasteiger partial charge on any atom is -0.340 e. The molecule has 0 atom stereocenters. The standard InChI is InChI=1S/C24H23ClF3N7/c25-17-2-3-18-15(8-17)11-34(23(4-5-23)24(26,27)28)12-19-31-32-20(35(18)19)16-9-22(10-16)13-33(14-22)21-29-6-1-7-30-21/h1-3,6-8,16H,4-5,9-14H2.